The molecule has 12 aromatic rings. The first-order valence-corrected chi connectivity index (χ1v) is 20.6. The molecule has 1 heterocycles. The predicted molar refractivity (Wildman–Crippen MR) is 255 cm³/mol. The topological polar surface area (TPSA) is 16.4 Å². The van der Waals surface area contributed by atoms with Crippen molar-refractivity contribution in [2.75, 3.05) is 4.90 Å². The second-order valence-corrected chi connectivity index (χ2v) is 15.6. The first-order chi connectivity index (χ1) is 29.7. The van der Waals surface area contributed by atoms with Crippen LogP contribution in [0.15, 0.2) is 229 Å². The summed E-state index contributed by atoms with van der Waals surface area (Å²) in [5.41, 5.74) is 12.0. The Hall–Kier alpha value is -7.94. The summed E-state index contributed by atoms with van der Waals surface area (Å²) >= 11 is 0. The molecular formula is C58H37NO. The summed E-state index contributed by atoms with van der Waals surface area (Å²) in [6, 6.07) is 81.2. The van der Waals surface area contributed by atoms with Gasteiger partial charge in [0.1, 0.15) is 11.2 Å². The Morgan fingerprint density at radius 3 is 1.52 bits per heavy atom. The van der Waals surface area contributed by atoms with Gasteiger partial charge in [-0.15, -0.1) is 0 Å². The van der Waals surface area contributed by atoms with E-state index in [9.17, 15) is 0 Å². The summed E-state index contributed by atoms with van der Waals surface area (Å²) in [4.78, 5) is 2.38. The highest BCUT2D eigenvalue weighted by molar-refractivity contribution is 6.17. The molecule has 2 nitrogen and oxygen atoms in total. The molecule has 0 bridgehead atoms. The van der Waals surface area contributed by atoms with E-state index in [0.29, 0.717) is 0 Å². The lowest BCUT2D eigenvalue weighted by Gasteiger charge is -2.26. The quantitative estimate of drug-likeness (QED) is 0.157. The molecule has 0 amide bonds. The molecule has 0 saturated heterocycles. The third-order valence-corrected chi connectivity index (χ3v) is 12.2. The number of rotatable bonds is 6. The number of nitrogens with zero attached hydrogens (tertiary/aromatic N) is 1. The van der Waals surface area contributed by atoms with Crippen LogP contribution in [0.4, 0.5) is 17.1 Å². The van der Waals surface area contributed by atoms with Gasteiger partial charge in [-0.05, 0) is 126 Å². The lowest BCUT2D eigenvalue weighted by molar-refractivity contribution is 0.670. The van der Waals surface area contributed by atoms with Crippen molar-refractivity contribution in [1.82, 2.24) is 0 Å². The second kappa shape index (κ2) is 13.9. The SMILES string of the molecule is c1ccc(-c2ccc(-c3ccc(N(c4ccc(-c5cc6ccccc6c6ccccc56)cc4)c4ccc5ccc6ccccc6c5c4)cc3)c3c2oc2ccccc23)cc1. The summed E-state index contributed by atoms with van der Waals surface area (Å²) in [6.07, 6.45) is 0. The number of hydrogen-bond acceptors (Lipinski definition) is 2. The largest absolute Gasteiger partial charge is 0.455 e. The van der Waals surface area contributed by atoms with Gasteiger partial charge in [0.05, 0.1) is 0 Å². The molecule has 0 radical (unpaired) electrons. The van der Waals surface area contributed by atoms with Crippen molar-refractivity contribution >= 4 is 82.1 Å². The minimum atomic E-state index is 0.892. The van der Waals surface area contributed by atoms with Crippen LogP contribution in [0.1, 0.15) is 0 Å². The summed E-state index contributed by atoms with van der Waals surface area (Å²) in [5, 5.41) is 12.3. The van der Waals surface area contributed by atoms with Gasteiger partial charge >= 0.3 is 0 Å². The summed E-state index contributed by atoms with van der Waals surface area (Å²) in [5.74, 6) is 0. The fourth-order valence-electron chi connectivity index (χ4n) is 9.36. The van der Waals surface area contributed by atoms with Gasteiger partial charge in [0.15, 0.2) is 0 Å². The Morgan fingerprint density at radius 1 is 0.283 bits per heavy atom. The zero-order valence-electron chi connectivity index (χ0n) is 32.7. The van der Waals surface area contributed by atoms with E-state index >= 15 is 0 Å². The van der Waals surface area contributed by atoms with Crippen LogP contribution in [0.2, 0.25) is 0 Å². The van der Waals surface area contributed by atoms with Crippen molar-refractivity contribution in [2.45, 2.75) is 0 Å². The number of anilines is 3. The fraction of sp³-hybridized carbons (Fsp3) is 0. The van der Waals surface area contributed by atoms with E-state index < -0.39 is 0 Å². The highest BCUT2D eigenvalue weighted by Gasteiger charge is 2.19. The van der Waals surface area contributed by atoms with E-state index in [0.717, 1.165) is 61.3 Å². The molecule has 11 aromatic carbocycles. The van der Waals surface area contributed by atoms with E-state index in [2.05, 4.69) is 223 Å². The van der Waals surface area contributed by atoms with Gasteiger partial charge in [-0.3, -0.25) is 0 Å². The summed E-state index contributed by atoms with van der Waals surface area (Å²) < 4.78 is 6.62. The molecule has 0 saturated carbocycles. The van der Waals surface area contributed by atoms with Gasteiger partial charge in [0, 0.05) is 33.4 Å². The maximum absolute atomic E-state index is 6.62. The normalized spacial score (nSPS) is 11.7. The van der Waals surface area contributed by atoms with Crippen LogP contribution < -0.4 is 4.90 Å². The molecule has 12 rings (SSSR count). The van der Waals surface area contributed by atoms with Crippen molar-refractivity contribution in [3.63, 3.8) is 0 Å². The van der Waals surface area contributed by atoms with E-state index in [-0.39, 0.29) is 0 Å². The zero-order chi connectivity index (χ0) is 39.6. The number of benzene rings is 11. The van der Waals surface area contributed by atoms with E-state index in [1.165, 1.54) is 54.2 Å². The number of para-hydroxylation sites is 1. The Kier molecular flexibility index (Phi) is 7.89. The summed E-state index contributed by atoms with van der Waals surface area (Å²) in [6.45, 7) is 0. The molecule has 0 N–H and O–H groups in total. The Bertz CT molecular complexity index is 3580. The number of furan rings is 1. The van der Waals surface area contributed by atoms with E-state index in [4.69, 9.17) is 4.42 Å². The average Bonchev–Trinajstić information content (AvgIpc) is 3.72. The Morgan fingerprint density at radius 2 is 0.783 bits per heavy atom. The third kappa shape index (κ3) is 5.57. The van der Waals surface area contributed by atoms with Gasteiger partial charge in [0.2, 0.25) is 0 Å². The third-order valence-electron chi connectivity index (χ3n) is 12.2. The molecular weight excluding hydrogens is 727 g/mol. The molecule has 0 aliphatic heterocycles. The second-order valence-electron chi connectivity index (χ2n) is 15.6. The molecule has 0 spiro atoms. The maximum atomic E-state index is 6.62. The van der Waals surface area contributed by atoms with Crippen molar-refractivity contribution in [2.24, 2.45) is 0 Å². The Balaban J connectivity index is 1.01. The molecule has 1 aromatic heterocycles. The fourth-order valence-corrected chi connectivity index (χ4v) is 9.36. The molecule has 60 heavy (non-hydrogen) atoms. The first-order valence-electron chi connectivity index (χ1n) is 20.6. The maximum Gasteiger partial charge on any atom is 0.143 e. The van der Waals surface area contributed by atoms with Crippen LogP contribution in [0.5, 0.6) is 0 Å². The van der Waals surface area contributed by atoms with E-state index in [1.807, 2.05) is 6.07 Å². The molecule has 0 unspecified atom stereocenters. The van der Waals surface area contributed by atoms with Gasteiger partial charge in [-0.1, -0.05) is 170 Å². The highest BCUT2D eigenvalue weighted by atomic mass is 16.3. The number of hydrogen-bond donors (Lipinski definition) is 0. The van der Waals surface area contributed by atoms with Crippen LogP contribution >= 0.6 is 0 Å². The van der Waals surface area contributed by atoms with Crippen molar-refractivity contribution in [3.8, 4) is 33.4 Å². The first kappa shape index (κ1) is 34.1. The molecule has 2 heteroatoms. The van der Waals surface area contributed by atoms with Crippen LogP contribution in [0.3, 0.4) is 0 Å². The van der Waals surface area contributed by atoms with Crippen molar-refractivity contribution < 1.29 is 4.42 Å². The van der Waals surface area contributed by atoms with Crippen LogP contribution in [-0.2, 0) is 0 Å². The average molecular weight is 764 g/mol. The minimum Gasteiger partial charge on any atom is -0.455 e. The van der Waals surface area contributed by atoms with E-state index in [1.54, 1.807) is 0 Å². The molecule has 0 aliphatic rings. The smallest absolute Gasteiger partial charge is 0.143 e. The van der Waals surface area contributed by atoms with Gasteiger partial charge < -0.3 is 9.32 Å². The Labute approximate surface area is 347 Å². The molecule has 0 atom stereocenters. The van der Waals surface area contributed by atoms with Crippen LogP contribution in [0.25, 0.3) is 98.4 Å². The molecule has 280 valence electrons. The lowest BCUT2D eigenvalue weighted by atomic mass is 9.93. The van der Waals surface area contributed by atoms with Crippen LogP contribution in [-0.4, -0.2) is 0 Å². The molecule has 0 fully saturated rings. The zero-order valence-corrected chi connectivity index (χ0v) is 32.7. The van der Waals surface area contributed by atoms with Gasteiger partial charge in [-0.25, -0.2) is 0 Å². The van der Waals surface area contributed by atoms with Crippen LogP contribution in [0, 0.1) is 0 Å². The van der Waals surface area contributed by atoms with Crippen molar-refractivity contribution in [3.05, 3.63) is 224 Å². The number of fused-ring (bicyclic) bond motifs is 9. The lowest BCUT2D eigenvalue weighted by Crippen LogP contribution is -2.10. The van der Waals surface area contributed by atoms with Crippen molar-refractivity contribution in [1.29, 1.82) is 0 Å². The molecule has 0 aliphatic carbocycles. The van der Waals surface area contributed by atoms with Gasteiger partial charge in [0.25, 0.3) is 0 Å². The van der Waals surface area contributed by atoms with Gasteiger partial charge in [-0.2, -0.15) is 0 Å². The highest BCUT2D eigenvalue weighted by Crippen LogP contribution is 2.44. The summed E-state index contributed by atoms with van der Waals surface area (Å²) in [7, 11) is 0. The monoisotopic (exact) mass is 763 g/mol. The minimum absolute atomic E-state index is 0.892. The standard InChI is InChI=1S/C58H37NO/c1-2-12-38(13-3-1)50-35-34-49(57-53-20-10-11-21-56(53)60-58(50)57)40-24-29-44(30-25-40)59(46-33-28-41-23-22-39-14-4-6-16-47(39)55(41)37-46)45-31-26-42(27-32-45)54-36-43-15-5-7-17-48(43)51-18-8-9-19-52(51)54/h1-37H. The predicted octanol–water partition coefficient (Wildman–Crippen LogP) is 16.7.